The lowest BCUT2D eigenvalue weighted by Gasteiger charge is -2.29. The zero-order valence-electron chi connectivity index (χ0n) is 20.7. The monoisotopic (exact) mass is 500 g/mol. The zero-order valence-corrected chi connectivity index (χ0v) is 20.7. The normalized spacial score (nSPS) is 23.8. The second-order valence-corrected chi connectivity index (χ2v) is 9.35. The minimum atomic E-state index is -0.451. The average Bonchev–Trinajstić information content (AvgIpc) is 2.92. The Bertz CT molecular complexity index is 877. The third kappa shape index (κ3) is 9.24. The summed E-state index contributed by atoms with van der Waals surface area (Å²) in [5.74, 6) is -0.173. The molecule has 36 heavy (non-hydrogen) atoms. The van der Waals surface area contributed by atoms with Crippen molar-refractivity contribution in [2.75, 3.05) is 33.0 Å². The van der Waals surface area contributed by atoms with Gasteiger partial charge < -0.3 is 23.7 Å². The first-order valence-corrected chi connectivity index (χ1v) is 12.5. The van der Waals surface area contributed by atoms with Crippen LogP contribution in [0.1, 0.15) is 49.5 Å². The molecule has 1 saturated carbocycles. The molecule has 8 heteroatoms. The predicted octanol–water partition coefficient (Wildman–Crippen LogP) is 4.09. The van der Waals surface area contributed by atoms with Crippen molar-refractivity contribution in [1.29, 1.82) is 0 Å². The van der Waals surface area contributed by atoms with Crippen molar-refractivity contribution in [2.45, 2.75) is 44.8 Å². The van der Waals surface area contributed by atoms with Crippen LogP contribution in [0.4, 0.5) is 0 Å². The number of esters is 3. The van der Waals surface area contributed by atoms with Gasteiger partial charge in [-0.15, -0.1) is 0 Å². The van der Waals surface area contributed by atoms with Crippen LogP contribution in [0.25, 0.3) is 0 Å². The summed E-state index contributed by atoms with van der Waals surface area (Å²) in [7, 11) is 0. The van der Waals surface area contributed by atoms with Gasteiger partial charge in [0.25, 0.3) is 0 Å². The molecule has 0 atom stereocenters. The second-order valence-electron chi connectivity index (χ2n) is 9.35. The Morgan fingerprint density at radius 1 is 0.806 bits per heavy atom. The van der Waals surface area contributed by atoms with Gasteiger partial charge in [0, 0.05) is 23.6 Å². The van der Waals surface area contributed by atoms with E-state index in [0.29, 0.717) is 51.3 Å². The SMILES string of the molecule is C=CC(=O)OCCC1COC(c2ccc(CC(=O)OCC3CCC(COC(=O)C=C)CC3)cc2)OC1. The van der Waals surface area contributed by atoms with Crippen molar-refractivity contribution in [3.8, 4) is 0 Å². The van der Waals surface area contributed by atoms with Gasteiger partial charge in [0.2, 0.25) is 0 Å². The molecule has 1 aromatic rings. The summed E-state index contributed by atoms with van der Waals surface area (Å²) in [6.45, 7) is 8.98. The van der Waals surface area contributed by atoms with Gasteiger partial charge in [-0.25, -0.2) is 9.59 Å². The number of carbonyl (C=O) groups excluding carboxylic acids is 3. The third-order valence-electron chi connectivity index (χ3n) is 6.58. The van der Waals surface area contributed by atoms with Crippen LogP contribution in [0.15, 0.2) is 49.6 Å². The minimum absolute atomic E-state index is 0.165. The highest BCUT2D eigenvalue weighted by Gasteiger charge is 2.25. The number of carbonyl (C=O) groups is 3. The van der Waals surface area contributed by atoms with Crippen molar-refractivity contribution in [3.63, 3.8) is 0 Å². The predicted molar refractivity (Wildman–Crippen MR) is 132 cm³/mol. The van der Waals surface area contributed by atoms with Crippen LogP contribution < -0.4 is 0 Å². The molecular formula is C28H36O8. The molecule has 0 aromatic heterocycles. The minimum Gasteiger partial charge on any atom is -0.465 e. The second kappa shape index (κ2) is 14.6. The van der Waals surface area contributed by atoms with Gasteiger partial charge in [-0.2, -0.15) is 0 Å². The van der Waals surface area contributed by atoms with E-state index in [1.807, 2.05) is 24.3 Å². The summed E-state index contributed by atoms with van der Waals surface area (Å²) >= 11 is 0. The molecule has 1 aromatic carbocycles. The summed E-state index contributed by atoms with van der Waals surface area (Å²) in [5.41, 5.74) is 1.76. The van der Waals surface area contributed by atoms with Crippen molar-refractivity contribution in [1.82, 2.24) is 0 Å². The molecule has 1 aliphatic heterocycles. The molecule has 1 heterocycles. The topological polar surface area (TPSA) is 97.4 Å². The number of hydrogen-bond acceptors (Lipinski definition) is 8. The fraction of sp³-hybridized carbons (Fsp3) is 0.536. The first kappa shape index (κ1) is 27.6. The molecule has 0 spiro atoms. The molecule has 196 valence electrons. The summed E-state index contributed by atoms with van der Waals surface area (Å²) in [5, 5.41) is 0. The summed E-state index contributed by atoms with van der Waals surface area (Å²) < 4.78 is 27.3. The van der Waals surface area contributed by atoms with E-state index >= 15 is 0 Å². The van der Waals surface area contributed by atoms with Crippen molar-refractivity contribution in [2.24, 2.45) is 17.8 Å². The van der Waals surface area contributed by atoms with Gasteiger partial charge in [-0.05, 0) is 49.5 Å². The van der Waals surface area contributed by atoms with Crippen LogP contribution in [0, 0.1) is 17.8 Å². The van der Waals surface area contributed by atoms with Gasteiger partial charge >= 0.3 is 17.9 Å². The molecular weight excluding hydrogens is 464 g/mol. The average molecular weight is 501 g/mol. The molecule has 0 bridgehead atoms. The van der Waals surface area contributed by atoms with Gasteiger partial charge in [-0.1, -0.05) is 37.4 Å². The lowest BCUT2D eigenvalue weighted by atomic mass is 9.83. The van der Waals surface area contributed by atoms with Crippen LogP contribution in [0.3, 0.4) is 0 Å². The molecule has 8 nitrogen and oxygen atoms in total. The maximum Gasteiger partial charge on any atom is 0.330 e. The highest BCUT2D eigenvalue weighted by molar-refractivity contribution is 5.81. The first-order chi connectivity index (χ1) is 17.5. The lowest BCUT2D eigenvalue weighted by Crippen LogP contribution is -2.28. The Kier molecular flexibility index (Phi) is 11.2. The van der Waals surface area contributed by atoms with Crippen molar-refractivity contribution < 1.29 is 38.1 Å². The fourth-order valence-electron chi connectivity index (χ4n) is 4.33. The summed E-state index contributed by atoms with van der Waals surface area (Å²) in [4.78, 5) is 34.6. The zero-order chi connectivity index (χ0) is 25.8. The van der Waals surface area contributed by atoms with Crippen LogP contribution in [0.5, 0.6) is 0 Å². The van der Waals surface area contributed by atoms with Gasteiger partial charge in [-0.3, -0.25) is 4.79 Å². The van der Waals surface area contributed by atoms with E-state index in [1.165, 1.54) is 6.08 Å². The largest absolute Gasteiger partial charge is 0.465 e. The fourth-order valence-corrected chi connectivity index (χ4v) is 4.33. The van der Waals surface area contributed by atoms with Crippen LogP contribution in [-0.4, -0.2) is 50.9 Å². The Labute approximate surface area is 212 Å². The number of hydrogen-bond donors (Lipinski definition) is 0. The molecule has 3 rings (SSSR count). The Balaban J connectivity index is 1.31. The molecule has 0 radical (unpaired) electrons. The van der Waals surface area contributed by atoms with E-state index in [1.54, 1.807) is 0 Å². The van der Waals surface area contributed by atoms with Crippen LogP contribution in [0.2, 0.25) is 0 Å². The van der Waals surface area contributed by atoms with Gasteiger partial charge in [0.15, 0.2) is 6.29 Å². The molecule has 1 aliphatic carbocycles. The van der Waals surface area contributed by atoms with Crippen molar-refractivity contribution in [3.05, 3.63) is 60.7 Å². The van der Waals surface area contributed by atoms with Crippen LogP contribution in [-0.2, 0) is 44.5 Å². The summed E-state index contributed by atoms with van der Waals surface area (Å²) in [6.07, 6.45) is 6.60. The van der Waals surface area contributed by atoms with Gasteiger partial charge in [0.1, 0.15) is 0 Å². The molecule has 0 unspecified atom stereocenters. The maximum absolute atomic E-state index is 12.3. The van der Waals surface area contributed by atoms with Crippen molar-refractivity contribution >= 4 is 17.9 Å². The van der Waals surface area contributed by atoms with E-state index in [2.05, 4.69) is 13.2 Å². The van der Waals surface area contributed by atoms with E-state index in [0.717, 1.165) is 42.9 Å². The van der Waals surface area contributed by atoms with E-state index in [9.17, 15) is 14.4 Å². The van der Waals surface area contributed by atoms with E-state index < -0.39 is 12.3 Å². The Hall–Kier alpha value is -2.97. The standard InChI is InChI=1S/C28H36O8/c1-3-25(29)32-14-13-23-18-35-28(36-19-23)24-11-9-20(10-12-24)15-27(31)34-17-22-7-5-21(6-8-22)16-33-26(30)4-2/h3-4,9-12,21-23,28H,1-2,5-8,13-19H2. The Morgan fingerprint density at radius 3 is 1.94 bits per heavy atom. The smallest absolute Gasteiger partial charge is 0.330 e. The number of benzene rings is 1. The number of ether oxygens (including phenoxy) is 5. The highest BCUT2D eigenvalue weighted by atomic mass is 16.7. The molecule has 2 fully saturated rings. The first-order valence-electron chi connectivity index (χ1n) is 12.5. The van der Waals surface area contributed by atoms with E-state index in [4.69, 9.17) is 23.7 Å². The van der Waals surface area contributed by atoms with Crippen LogP contribution >= 0.6 is 0 Å². The maximum atomic E-state index is 12.3. The van der Waals surface area contributed by atoms with E-state index in [-0.39, 0.29) is 24.3 Å². The third-order valence-corrected chi connectivity index (χ3v) is 6.58. The quantitative estimate of drug-likeness (QED) is 0.241. The lowest BCUT2D eigenvalue weighted by molar-refractivity contribution is -0.207. The summed E-state index contributed by atoms with van der Waals surface area (Å²) in [6, 6.07) is 7.58. The van der Waals surface area contributed by atoms with Gasteiger partial charge in [0.05, 0.1) is 39.5 Å². The Morgan fingerprint density at radius 2 is 1.36 bits per heavy atom. The highest BCUT2D eigenvalue weighted by Crippen LogP contribution is 2.29. The molecule has 0 amide bonds. The molecule has 1 saturated heterocycles. The molecule has 0 N–H and O–H groups in total. The number of rotatable bonds is 12. The molecule has 2 aliphatic rings.